The van der Waals surface area contributed by atoms with Crippen LogP contribution in [0.1, 0.15) is 17.5 Å². The Hall–Kier alpha value is -0.220. The van der Waals surface area contributed by atoms with Gasteiger partial charge in [-0.05, 0) is 36.3 Å². The Balaban J connectivity index is 1.83. The van der Waals surface area contributed by atoms with Gasteiger partial charge >= 0.3 is 0 Å². The number of aliphatic hydroxyl groups is 1. The van der Waals surface area contributed by atoms with E-state index in [9.17, 15) is 5.11 Å². The summed E-state index contributed by atoms with van der Waals surface area (Å²) in [4.78, 5) is 0. The monoisotopic (exact) mass is 271 g/mol. The average Bonchev–Trinajstić information content (AvgIpc) is 2.71. The molecule has 1 heterocycles. The number of benzene rings is 1. The molecule has 0 bridgehead atoms. The van der Waals surface area contributed by atoms with Crippen molar-refractivity contribution in [1.29, 1.82) is 0 Å². The summed E-state index contributed by atoms with van der Waals surface area (Å²) in [5.41, 5.74) is 1.75. The van der Waals surface area contributed by atoms with Crippen molar-refractivity contribution in [3.8, 4) is 0 Å². The van der Waals surface area contributed by atoms with Crippen molar-refractivity contribution in [3.63, 3.8) is 0 Å². The van der Waals surface area contributed by atoms with Gasteiger partial charge in [-0.25, -0.2) is 0 Å². The lowest BCUT2D eigenvalue weighted by atomic mass is 10.0. The van der Waals surface area contributed by atoms with Crippen LogP contribution in [0.15, 0.2) is 18.2 Å². The maximum Gasteiger partial charge on any atom is 0.0869 e. The van der Waals surface area contributed by atoms with E-state index in [0.717, 1.165) is 40.6 Å². The van der Waals surface area contributed by atoms with Gasteiger partial charge in [0, 0.05) is 23.9 Å². The molecule has 1 aliphatic rings. The van der Waals surface area contributed by atoms with E-state index in [1.807, 2.05) is 30.8 Å². The van der Waals surface area contributed by atoms with Gasteiger partial charge in [0.2, 0.25) is 0 Å². The highest BCUT2D eigenvalue weighted by molar-refractivity contribution is 7.99. The van der Waals surface area contributed by atoms with Crippen LogP contribution < -0.4 is 5.32 Å². The summed E-state index contributed by atoms with van der Waals surface area (Å²) in [5.74, 6) is 1.91. The molecule has 1 aromatic carbocycles. The number of halogens is 1. The molecule has 0 saturated carbocycles. The largest absolute Gasteiger partial charge is 0.388 e. The lowest BCUT2D eigenvalue weighted by Gasteiger charge is -2.21. The standard InChI is InChI=1S/C13H18ClNOS/c1-10-2-3-11(6-12(10)14)7-15-8-13(16)4-5-17-9-13/h2-3,6,15-16H,4-5,7-9H2,1H3/t13-/m0/s1. The lowest BCUT2D eigenvalue weighted by molar-refractivity contribution is 0.0675. The van der Waals surface area contributed by atoms with Crippen LogP contribution in [0.3, 0.4) is 0 Å². The highest BCUT2D eigenvalue weighted by Gasteiger charge is 2.30. The van der Waals surface area contributed by atoms with Crippen molar-refractivity contribution >= 4 is 23.4 Å². The van der Waals surface area contributed by atoms with Crippen molar-refractivity contribution < 1.29 is 5.11 Å². The van der Waals surface area contributed by atoms with Crippen LogP contribution >= 0.6 is 23.4 Å². The Bertz CT molecular complexity index is 391. The van der Waals surface area contributed by atoms with Crippen LogP contribution in [0, 0.1) is 6.92 Å². The van der Waals surface area contributed by atoms with Crippen LogP contribution in [0.2, 0.25) is 5.02 Å². The van der Waals surface area contributed by atoms with Gasteiger partial charge in [-0.1, -0.05) is 23.7 Å². The zero-order chi connectivity index (χ0) is 12.3. The van der Waals surface area contributed by atoms with Crippen molar-refractivity contribution in [2.45, 2.75) is 25.5 Å². The van der Waals surface area contributed by atoms with E-state index >= 15 is 0 Å². The number of rotatable bonds is 4. The van der Waals surface area contributed by atoms with Crippen LogP contribution in [0.5, 0.6) is 0 Å². The minimum absolute atomic E-state index is 0.515. The smallest absolute Gasteiger partial charge is 0.0869 e. The maximum atomic E-state index is 10.2. The average molecular weight is 272 g/mol. The number of hydrogen-bond acceptors (Lipinski definition) is 3. The molecule has 17 heavy (non-hydrogen) atoms. The molecule has 1 fully saturated rings. The predicted octanol–water partition coefficient (Wildman–Crippen LogP) is 2.61. The first-order chi connectivity index (χ1) is 8.09. The summed E-state index contributed by atoms with van der Waals surface area (Å²) in [6.07, 6.45) is 0.888. The molecule has 0 radical (unpaired) electrons. The zero-order valence-corrected chi connectivity index (χ0v) is 11.6. The normalized spacial score (nSPS) is 24.2. The van der Waals surface area contributed by atoms with Crippen LogP contribution in [-0.2, 0) is 6.54 Å². The van der Waals surface area contributed by atoms with Crippen molar-refractivity contribution in [2.75, 3.05) is 18.1 Å². The molecule has 0 aliphatic carbocycles. The third-order valence-corrected chi connectivity index (χ3v) is 4.74. The highest BCUT2D eigenvalue weighted by Crippen LogP contribution is 2.27. The van der Waals surface area contributed by atoms with Gasteiger partial charge in [-0.2, -0.15) is 11.8 Å². The maximum absolute atomic E-state index is 10.2. The summed E-state index contributed by atoms with van der Waals surface area (Å²) in [7, 11) is 0. The zero-order valence-electron chi connectivity index (χ0n) is 10.0. The second-order valence-electron chi connectivity index (χ2n) is 4.71. The molecule has 2 N–H and O–H groups in total. The first-order valence-electron chi connectivity index (χ1n) is 5.85. The molecular formula is C13H18ClNOS. The molecule has 0 amide bonds. The summed E-state index contributed by atoms with van der Waals surface area (Å²) in [5, 5.41) is 14.3. The van der Waals surface area contributed by atoms with E-state index in [2.05, 4.69) is 11.4 Å². The topological polar surface area (TPSA) is 32.3 Å². The Morgan fingerprint density at radius 1 is 1.53 bits per heavy atom. The number of nitrogens with one attached hydrogen (secondary N) is 1. The van der Waals surface area contributed by atoms with E-state index in [1.165, 1.54) is 0 Å². The first kappa shape index (κ1) is 13.2. The van der Waals surface area contributed by atoms with Gasteiger partial charge < -0.3 is 10.4 Å². The fourth-order valence-electron chi connectivity index (χ4n) is 1.92. The van der Waals surface area contributed by atoms with E-state index < -0.39 is 5.60 Å². The molecule has 1 aliphatic heterocycles. The van der Waals surface area contributed by atoms with Gasteiger partial charge in [0.1, 0.15) is 0 Å². The van der Waals surface area contributed by atoms with Crippen LogP contribution in [0.25, 0.3) is 0 Å². The van der Waals surface area contributed by atoms with E-state index in [0.29, 0.717) is 6.54 Å². The van der Waals surface area contributed by atoms with Gasteiger partial charge in [0.05, 0.1) is 5.60 Å². The minimum Gasteiger partial charge on any atom is -0.388 e. The third-order valence-electron chi connectivity index (χ3n) is 3.10. The Morgan fingerprint density at radius 2 is 2.35 bits per heavy atom. The molecule has 0 unspecified atom stereocenters. The van der Waals surface area contributed by atoms with Gasteiger partial charge in [-0.15, -0.1) is 0 Å². The van der Waals surface area contributed by atoms with Gasteiger partial charge in [-0.3, -0.25) is 0 Å². The van der Waals surface area contributed by atoms with Gasteiger partial charge in [0.15, 0.2) is 0 Å². The molecule has 4 heteroatoms. The lowest BCUT2D eigenvalue weighted by Crippen LogP contribution is -2.40. The van der Waals surface area contributed by atoms with Crippen molar-refractivity contribution in [2.24, 2.45) is 0 Å². The molecule has 1 atom stereocenters. The number of hydrogen-bond donors (Lipinski definition) is 2. The van der Waals surface area contributed by atoms with Crippen molar-refractivity contribution in [3.05, 3.63) is 34.3 Å². The second-order valence-corrected chi connectivity index (χ2v) is 6.23. The van der Waals surface area contributed by atoms with E-state index in [1.54, 1.807) is 0 Å². The number of thioether (sulfide) groups is 1. The fourth-order valence-corrected chi connectivity index (χ4v) is 3.42. The molecule has 1 saturated heterocycles. The van der Waals surface area contributed by atoms with Crippen LogP contribution in [-0.4, -0.2) is 28.8 Å². The Labute approximate surface area is 112 Å². The Kier molecular flexibility index (Phi) is 4.36. The highest BCUT2D eigenvalue weighted by atomic mass is 35.5. The summed E-state index contributed by atoms with van der Waals surface area (Å²) >= 11 is 7.89. The fraction of sp³-hybridized carbons (Fsp3) is 0.538. The molecule has 2 rings (SSSR count). The SMILES string of the molecule is Cc1ccc(CNC[C@@]2(O)CCSC2)cc1Cl. The minimum atomic E-state index is -0.515. The van der Waals surface area contributed by atoms with Crippen LogP contribution in [0.4, 0.5) is 0 Å². The quantitative estimate of drug-likeness (QED) is 0.883. The van der Waals surface area contributed by atoms with Gasteiger partial charge in [0.25, 0.3) is 0 Å². The number of aryl methyl sites for hydroxylation is 1. The molecule has 94 valence electrons. The molecule has 2 nitrogen and oxygen atoms in total. The molecule has 1 aromatic rings. The predicted molar refractivity (Wildman–Crippen MR) is 74.8 cm³/mol. The molecular weight excluding hydrogens is 254 g/mol. The van der Waals surface area contributed by atoms with Crippen molar-refractivity contribution in [1.82, 2.24) is 5.32 Å². The molecule has 0 aromatic heterocycles. The summed E-state index contributed by atoms with van der Waals surface area (Å²) in [6, 6.07) is 6.08. The van der Waals surface area contributed by atoms with E-state index in [4.69, 9.17) is 11.6 Å². The Morgan fingerprint density at radius 3 is 3.00 bits per heavy atom. The van der Waals surface area contributed by atoms with E-state index in [-0.39, 0.29) is 0 Å². The summed E-state index contributed by atoms with van der Waals surface area (Å²) < 4.78 is 0. The molecule has 0 spiro atoms. The third kappa shape index (κ3) is 3.62. The first-order valence-corrected chi connectivity index (χ1v) is 7.38. The summed E-state index contributed by atoms with van der Waals surface area (Å²) in [6.45, 7) is 3.41. The second kappa shape index (κ2) is 5.61.